The van der Waals surface area contributed by atoms with Crippen LogP contribution in [0.5, 0.6) is 11.5 Å². The number of alkyl halides is 2. The number of halogens is 2. The fraction of sp³-hybridized carbons (Fsp3) is 0.125. The lowest BCUT2D eigenvalue weighted by molar-refractivity contribution is -0.166. The molecule has 1 rings (SSSR count). The largest absolute Gasteiger partial charge is 0.508 e. The SMILES string of the molecule is O=C(O)C(F)(F)c1cc(O)ccc1O. The molecule has 0 amide bonds. The number of aromatic hydroxyl groups is 2. The van der Waals surface area contributed by atoms with Crippen LogP contribution in [0.4, 0.5) is 8.78 Å². The Kier molecular flexibility index (Phi) is 2.29. The zero-order valence-corrected chi connectivity index (χ0v) is 6.74. The van der Waals surface area contributed by atoms with Gasteiger partial charge in [-0.25, -0.2) is 4.79 Å². The highest BCUT2D eigenvalue weighted by Gasteiger charge is 2.43. The van der Waals surface area contributed by atoms with Gasteiger partial charge in [0, 0.05) is 0 Å². The molecule has 0 atom stereocenters. The van der Waals surface area contributed by atoms with E-state index in [9.17, 15) is 13.6 Å². The molecule has 0 unspecified atom stereocenters. The molecule has 0 bridgehead atoms. The lowest BCUT2D eigenvalue weighted by Gasteiger charge is -2.12. The van der Waals surface area contributed by atoms with Crippen molar-refractivity contribution in [3.63, 3.8) is 0 Å². The molecule has 14 heavy (non-hydrogen) atoms. The Morgan fingerprint density at radius 1 is 1.29 bits per heavy atom. The molecular weight excluding hydrogens is 198 g/mol. The van der Waals surface area contributed by atoms with Crippen molar-refractivity contribution in [2.75, 3.05) is 0 Å². The number of rotatable bonds is 2. The first-order valence-corrected chi connectivity index (χ1v) is 3.49. The number of phenols is 2. The number of carboxylic acids is 1. The first-order chi connectivity index (χ1) is 6.35. The molecule has 0 aliphatic carbocycles. The maximum Gasteiger partial charge on any atom is 0.379 e. The summed E-state index contributed by atoms with van der Waals surface area (Å²) in [5.74, 6) is -8.03. The molecule has 0 aliphatic rings. The van der Waals surface area contributed by atoms with Gasteiger partial charge in [-0.15, -0.1) is 0 Å². The van der Waals surface area contributed by atoms with Crippen LogP contribution in [-0.4, -0.2) is 21.3 Å². The minimum absolute atomic E-state index is 0.503. The number of hydrogen-bond acceptors (Lipinski definition) is 3. The summed E-state index contributed by atoms with van der Waals surface area (Å²) in [6.45, 7) is 0. The van der Waals surface area contributed by atoms with E-state index in [2.05, 4.69) is 0 Å². The molecule has 76 valence electrons. The van der Waals surface area contributed by atoms with Crippen molar-refractivity contribution in [1.82, 2.24) is 0 Å². The second-order valence-corrected chi connectivity index (χ2v) is 2.58. The molecule has 1 aromatic carbocycles. The lowest BCUT2D eigenvalue weighted by Crippen LogP contribution is -2.25. The highest BCUT2D eigenvalue weighted by Crippen LogP contribution is 2.36. The summed E-state index contributed by atoms with van der Waals surface area (Å²) in [6, 6.07) is 2.27. The van der Waals surface area contributed by atoms with Crippen LogP contribution in [0.15, 0.2) is 18.2 Å². The lowest BCUT2D eigenvalue weighted by atomic mass is 10.1. The van der Waals surface area contributed by atoms with E-state index >= 15 is 0 Å². The van der Waals surface area contributed by atoms with Gasteiger partial charge in [-0.2, -0.15) is 8.78 Å². The molecule has 0 heterocycles. The van der Waals surface area contributed by atoms with Gasteiger partial charge in [-0.05, 0) is 18.2 Å². The van der Waals surface area contributed by atoms with Gasteiger partial charge in [0.25, 0.3) is 0 Å². The van der Waals surface area contributed by atoms with Crippen LogP contribution in [0.3, 0.4) is 0 Å². The van der Waals surface area contributed by atoms with Crippen LogP contribution >= 0.6 is 0 Å². The number of hydrogen-bond donors (Lipinski definition) is 3. The number of benzene rings is 1. The molecular formula is C8H6F2O4. The number of phenolic OH excluding ortho intramolecular Hbond substituents is 2. The van der Waals surface area contributed by atoms with Crippen molar-refractivity contribution in [2.24, 2.45) is 0 Å². The van der Waals surface area contributed by atoms with Gasteiger partial charge in [0.1, 0.15) is 11.5 Å². The quantitative estimate of drug-likeness (QED) is 0.634. The molecule has 0 spiro atoms. The topological polar surface area (TPSA) is 77.8 Å². The normalized spacial score (nSPS) is 11.3. The first-order valence-electron chi connectivity index (χ1n) is 3.49. The van der Waals surface area contributed by atoms with E-state index in [-0.39, 0.29) is 0 Å². The summed E-state index contributed by atoms with van der Waals surface area (Å²) < 4.78 is 25.7. The van der Waals surface area contributed by atoms with Crippen LogP contribution in [-0.2, 0) is 10.7 Å². The van der Waals surface area contributed by atoms with Crippen LogP contribution in [0.25, 0.3) is 0 Å². The smallest absolute Gasteiger partial charge is 0.379 e. The van der Waals surface area contributed by atoms with E-state index in [4.69, 9.17) is 15.3 Å². The third kappa shape index (κ3) is 1.59. The third-order valence-electron chi connectivity index (χ3n) is 1.59. The van der Waals surface area contributed by atoms with Crippen LogP contribution in [0.1, 0.15) is 5.56 Å². The average molecular weight is 204 g/mol. The zero-order valence-electron chi connectivity index (χ0n) is 6.74. The Labute approximate surface area is 77.0 Å². The zero-order chi connectivity index (χ0) is 10.9. The van der Waals surface area contributed by atoms with Gasteiger partial charge in [0.2, 0.25) is 0 Å². The summed E-state index contributed by atoms with van der Waals surface area (Å²) in [4.78, 5) is 10.1. The van der Waals surface area contributed by atoms with Gasteiger partial charge in [-0.1, -0.05) is 0 Å². The summed E-state index contributed by atoms with van der Waals surface area (Å²) in [6.07, 6.45) is 0. The minimum atomic E-state index is -4.22. The maximum atomic E-state index is 12.8. The molecule has 6 heteroatoms. The average Bonchev–Trinajstić information content (AvgIpc) is 2.08. The van der Waals surface area contributed by atoms with Crippen molar-refractivity contribution in [3.05, 3.63) is 23.8 Å². The Hall–Kier alpha value is -1.85. The minimum Gasteiger partial charge on any atom is -0.508 e. The predicted octanol–water partition coefficient (Wildman–Crippen LogP) is 1.27. The van der Waals surface area contributed by atoms with Gasteiger partial charge in [-0.3, -0.25) is 0 Å². The second kappa shape index (κ2) is 3.13. The maximum absolute atomic E-state index is 12.8. The summed E-state index contributed by atoms with van der Waals surface area (Å²) in [7, 11) is 0. The van der Waals surface area contributed by atoms with E-state index in [0.717, 1.165) is 12.1 Å². The Balaban J connectivity index is 3.31. The molecule has 3 N–H and O–H groups in total. The molecule has 0 aliphatic heterocycles. The molecule has 0 aromatic heterocycles. The van der Waals surface area contributed by atoms with E-state index in [1.807, 2.05) is 0 Å². The highest BCUT2D eigenvalue weighted by atomic mass is 19.3. The van der Waals surface area contributed by atoms with Crippen molar-refractivity contribution in [3.8, 4) is 11.5 Å². The van der Waals surface area contributed by atoms with Crippen LogP contribution in [0, 0.1) is 0 Å². The second-order valence-electron chi connectivity index (χ2n) is 2.58. The van der Waals surface area contributed by atoms with E-state index in [1.165, 1.54) is 0 Å². The van der Waals surface area contributed by atoms with Crippen molar-refractivity contribution >= 4 is 5.97 Å². The molecule has 0 radical (unpaired) electrons. The van der Waals surface area contributed by atoms with E-state index in [1.54, 1.807) is 0 Å². The number of aliphatic carboxylic acids is 1. The monoisotopic (exact) mass is 204 g/mol. The third-order valence-corrected chi connectivity index (χ3v) is 1.59. The highest BCUT2D eigenvalue weighted by molar-refractivity contribution is 5.78. The summed E-state index contributed by atoms with van der Waals surface area (Å²) in [5.41, 5.74) is -1.13. The van der Waals surface area contributed by atoms with Crippen molar-refractivity contribution < 1.29 is 28.9 Å². The number of carbonyl (C=O) groups is 1. The van der Waals surface area contributed by atoms with Crippen LogP contribution < -0.4 is 0 Å². The first kappa shape index (κ1) is 10.2. The molecule has 4 nitrogen and oxygen atoms in total. The van der Waals surface area contributed by atoms with Gasteiger partial charge in [0.15, 0.2) is 0 Å². The Bertz CT molecular complexity index is 376. The van der Waals surface area contributed by atoms with Gasteiger partial charge >= 0.3 is 11.9 Å². The van der Waals surface area contributed by atoms with Crippen molar-refractivity contribution in [2.45, 2.75) is 5.92 Å². The van der Waals surface area contributed by atoms with E-state index < -0.39 is 29.0 Å². The molecule has 0 saturated carbocycles. The summed E-state index contributed by atoms with van der Waals surface area (Å²) >= 11 is 0. The fourth-order valence-electron chi connectivity index (χ4n) is 0.891. The Morgan fingerprint density at radius 3 is 2.36 bits per heavy atom. The summed E-state index contributed by atoms with van der Waals surface area (Å²) in [5, 5.41) is 26.0. The molecule has 0 saturated heterocycles. The van der Waals surface area contributed by atoms with Crippen molar-refractivity contribution in [1.29, 1.82) is 0 Å². The standard InChI is InChI=1S/C8H6F2O4/c9-8(10,7(13)14)5-3-4(11)1-2-6(5)12/h1-3,11-12H,(H,13,14). The van der Waals surface area contributed by atoms with E-state index in [0.29, 0.717) is 6.07 Å². The molecule has 1 aromatic rings. The Morgan fingerprint density at radius 2 is 1.86 bits per heavy atom. The number of carboxylic acid groups (broad SMARTS) is 1. The molecule has 0 fully saturated rings. The van der Waals surface area contributed by atoms with Gasteiger partial charge < -0.3 is 15.3 Å². The van der Waals surface area contributed by atoms with Crippen LogP contribution in [0.2, 0.25) is 0 Å². The fourth-order valence-corrected chi connectivity index (χ4v) is 0.891. The predicted molar refractivity (Wildman–Crippen MR) is 41.3 cm³/mol. The van der Waals surface area contributed by atoms with Gasteiger partial charge in [0.05, 0.1) is 5.56 Å².